The second kappa shape index (κ2) is 7.12. The number of nitrogens with zero attached hydrogens (tertiary/aromatic N) is 6. The number of H-pyrrole nitrogens is 1. The lowest BCUT2D eigenvalue weighted by Gasteiger charge is -2.15. The molecule has 8 nitrogen and oxygen atoms in total. The first kappa shape index (κ1) is 15.9. The smallest absolute Gasteiger partial charge is 0.0894 e. The number of hydrogen-bond acceptors (Lipinski definition) is 6. The Balaban J connectivity index is 1.45. The van der Waals surface area contributed by atoms with Crippen molar-refractivity contribution in [2.75, 3.05) is 20.2 Å². The fourth-order valence-electron chi connectivity index (χ4n) is 3.41. The third-order valence-electron chi connectivity index (χ3n) is 4.72. The quantitative estimate of drug-likeness (QED) is 0.723. The van der Waals surface area contributed by atoms with Crippen LogP contribution in [0, 0.1) is 0 Å². The van der Waals surface area contributed by atoms with Crippen molar-refractivity contribution >= 4 is 0 Å². The molecular formula is C17H21N7O. The number of methoxy groups -OCH3 is 1. The first-order valence-electron chi connectivity index (χ1n) is 8.35. The van der Waals surface area contributed by atoms with Crippen molar-refractivity contribution < 1.29 is 4.74 Å². The van der Waals surface area contributed by atoms with E-state index in [4.69, 9.17) is 4.74 Å². The first-order valence-corrected chi connectivity index (χ1v) is 8.35. The van der Waals surface area contributed by atoms with Crippen LogP contribution in [0.25, 0.3) is 0 Å². The molecule has 1 aliphatic rings. The largest absolute Gasteiger partial charge is 0.379 e. The normalized spacial score (nSPS) is 21.0. The number of nitrogens with one attached hydrogen (secondary N) is 1. The predicted molar refractivity (Wildman–Crippen MR) is 90.8 cm³/mol. The van der Waals surface area contributed by atoms with Crippen LogP contribution in [0.2, 0.25) is 0 Å². The maximum atomic E-state index is 5.66. The lowest BCUT2D eigenvalue weighted by Crippen LogP contribution is -2.24. The third-order valence-corrected chi connectivity index (χ3v) is 4.72. The summed E-state index contributed by atoms with van der Waals surface area (Å²) in [6.07, 6.45) is 3.74. The van der Waals surface area contributed by atoms with Crippen molar-refractivity contribution in [2.45, 2.75) is 25.1 Å². The monoisotopic (exact) mass is 339 g/mol. The van der Waals surface area contributed by atoms with Crippen LogP contribution in [-0.4, -0.2) is 61.6 Å². The zero-order valence-corrected chi connectivity index (χ0v) is 14.1. The molecule has 1 fully saturated rings. The first-order chi connectivity index (χ1) is 12.3. The number of benzene rings is 1. The SMILES string of the molecule is CO[C@@H]1CN(Cc2cnnn2Cc2ccccc2)C[C@H]1c1cn[nH]n1. The Bertz CT molecular complexity index is 786. The molecule has 25 heavy (non-hydrogen) atoms. The molecule has 0 bridgehead atoms. The van der Waals surface area contributed by atoms with E-state index in [2.05, 4.69) is 42.8 Å². The highest BCUT2D eigenvalue weighted by atomic mass is 16.5. The molecule has 130 valence electrons. The molecule has 1 aromatic carbocycles. The van der Waals surface area contributed by atoms with Crippen molar-refractivity contribution in [2.24, 2.45) is 0 Å². The second-order valence-corrected chi connectivity index (χ2v) is 6.34. The summed E-state index contributed by atoms with van der Waals surface area (Å²) in [6.45, 7) is 3.24. The Labute approximate surface area is 145 Å². The number of likely N-dealkylation sites (tertiary alicyclic amines) is 1. The summed E-state index contributed by atoms with van der Waals surface area (Å²) in [6, 6.07) is 10.3. The number of ether oxygens (including phenoxy) is 1. The van der Waals surface area contributed by atoms with Gasteiger partial charge in [0.1, 0.15) is 0 Å². The molecule has 0 aliphatic carbocycles. The number of rotatable bonds is 6. The summed E-state index contributed by atoms with van der Waals surface area (Å²) in [4.78, 5) is 2.35. The lowest BCUT2D eigenvalue weighted by atomic mass is 10.0. The van der Waals surface area contributed by atoms with Gasteiger partial charge in [0.25, 0.3) is 0 Å². The van der Waals surface area contributed by atoms with Gasteiger partial charge in [-0.1, -0.05) is 35.5 Å². The van der Waals surface area contributed by atoms with Gasteiger partial charge in [0.15, 0.2) is 0 Å². The predicted octanol–water partition coefficient (Wildman–Crippen LogP) is 1.06. The van der Waals surface area contributed by atoms with Crippen molar-refractivity contribution in [3.8, 4) is 0 Å². The van der Waals surface area contributed by atoms with Crippen molar-refractivity contribution in [1.29, 1.82) is 0 Å². The molecule has 4 rings (SSSR count). The molecule has 1 aliphatic heterocycles. The number of aromatic nitrogens is 6. The fraction of sp³-hybridized carbons (Fsp3) is 0.412. The third kappa shape index (κ3) is 3.45. The lowest BCUT2D eigenvalue weighted by molar-refractivity contribution is 0.0955. The maximum absolute atomic E-state index is 5.66. The zero-order chi connectivity index (χ0) is 17.1. The highest BCUT2D eigenvalue weighted by Crippen LogP contribution is 2.28. The Morgan fingerprint density at radius 2 is 2.04 bits per heavy atom. The number of aromatic amines is 1. The van der Waals surface area contributed by atoms with Gasteiger partial charge in [0, 0.05) is 32.7 Å². The topological polar surface area (TPSA) is 84.8 Å². The molecule has 8 heteroatoms. The van der Waals surface area contributed by atoms with Gasteiger partial charge < -0.3 is 4.74 Å². The summed E-state index contributed by atoms with van der Waals surface area (Å²) in [5, 5.41) is 19.2. The van der Waals surface area contributed by atoms with E-state index in [0.717, 1.165) is 37.6 Å². The van der Waals surface area contributed by atoms with Crippen molar-refractivity contribution in [3.05, 3.63) is 59.7 Å². The van der Waals surface area contributed by atoms with E-state index in [1.165, 1.54) is 5.56 Å². The van der Waals surface area contributed by atoms with E-state index in [0.29, 0.717) is 0 Å². The molecular weight excluding hydrogens is 318 g/mol. The molecule has 0 unspecified atom stereocenters. The molecule has 3 heterocycles. The van der Waals surface area contributed by atoms with E-state index in [-0.39, 0.29) is 12.0 Å². The van der Waals surface area contributed by atoms with Crippen LogP contribution < -0.4 is 0 Å². The Morgan fingerprint density at radius 3 is 2.80 bits per heavy atom. The van der Waals surface area contributed by atoms with Gasteiger partial charge in [-0.2, -0.15) is 15.4 Å². The van der Waals surface area contributed by atoms with E-state index >= 15 is 0 Å². The van der Waals surface area contributed by atoms with Crippen LogP contribution in [0.1, 0.15) is 22.9 Å². The van der Waals surface area contributed by atoms with Crippen molar-refractivity contribution in [3.63, 3.8) is 0 Å². The molecule has 1 saturated heterocycles. The van der Waals surface area contributed by atoms with Crippen LogP contribution in [0.5, 0.6) is 0 Å². The highest BCUT2D eigenvalue weighted by Gasteiger charge is 2.35. The van der Waals surface area contributed by atoms with Gasteiger partial charge in [0.05, 0.1) is 36.4 Å². The summed E-state index contributed by atoms with van der Waals surface area (Å²) in [7, 11) is 1.75. The minimum atomic E-state index is 0.114. The molecule has 0 spiro atoms. The Kier molecular flexibility index (Phi) is 4.53. The molecule has 0 amide bonds. The second-order valence-electron chi connectivity index (χ2n) is 6.34. The van der Waals surface area contributed by atoms with Gasteiger partial charge in [-0.15, -0.1) is 5.10 Å². The van der Waals surface area contributed by atoms with Crippen LogP contribution in [-0.2, 0) is 17.8 Å². The van der Waals surface area contributed by atoms with Crippen molar-refractivity contribution in [1.82, 2.24) is 35.3 Å². The van der Waals surface area contributed by atoms with Gasteiger partial charge in [-0.05, 0) is 5.56 Å². The average Bonchev–Trinajstić information content (AvgIpc) is 3.37. The van der Waals surface area contributed by atoms with Gasteiger partial charge in [-0.25, -0.2) is 4.68 Å². The Hall–Kier alpha value is -2.58. The van der Waals surface area contributed by atoms with Gasteiger partial charge in [0.2, 0.25) is 0 Å². The number of hydrogen-bond donors (Lipinski definition) is 1. The van der Waals surface area contributed by atoms with E-state index in [1.807, 2.05) is 29.1 Å². The summed E-state index contributed by atoms with van der Waals surface area (Å²) in [5.41, 5.74) is 3.26. The summed E-state index contributed by atoms with van der Waals surface area (Å²) >= 11 is 0. The molecule has 1 N–H and O–H groups in total. The van der Waals surface area contributed by atoms with E-state index in [9.17, 15) is 0 Å². The fourth-order valence-corrected chi connectivity index (χ4v) is 3.41. The van der Waals surface area contributed by atoms with Gasteiger partial charge in [-0.3, -0.25) is 4.90 Å². The maximum Gasteiger partial charge on any atom is 0.0894 e. The van der Waals surface area contributed by atoms with Crippen LogP contribution in [0.15, 0.2) is 42.7 Å². The van der Waals surface area contributed by atoms with Gasteiger partial charge >= 0.3 is 0 Å². The highest BCUT2D eigenvalue weighted by molar-refractivity contribution is 5.16. The average molecular weight is 339 g/mol. The van der Waals surface area contributed by atoms with E-state index < -0.39 is 0 Å². The standard InChI is InChI=1S/C17H21N7O/c1-25-17-12-23(11-15(17)16-8-18-21-20-16)10-14-7-19-22-24(14)9-13-5-3-2-4-6-13/h2-8,15,17H,9-12H2,1H3,(H,18,20,21)/t15-,17+/m0/s1. The van der Waals surface area contributed by atoms with E-state index in [1.54, 1.807) is 13.3 Å². The molecule has 0 radical (unpaired) electrons. The molecule has 2 atom stereocenters. The Morgan fingerprint density at radius 1 is 1.16 bits per heavy atom. The van der Waals surface area contributed by atoms with Crippen LogP contribution in [0.3, 0.4) is 0 Å². The molecule has 3 aromatic rings. The minimum absolute atomic E-state index is 0.114. The van der Waals surface area contributed by atoms with Crippen LogP contribution >= 0.6 is 0 Å². The zero-order valence-electron chi connectivity index (χ0n) is 14.1. The van der Waals surface area contributed by atoms with Crippen LogP contribution in [0.4, 0.5) is 0 Å². The summed E-state index contributed by atoms with van der Waals surface area (Å²) < 4.78 is 7.62. The minimum Gasteiger partial charge on any atom is -0.379 e. The molecule has 2 aromatic heterocycles. The summed E-state index contributed by atoms with van der Waals surface area (Å²) in [5.74, 6) is 0.224. The molecule has 0 saturated carbocycles.